The van der Waals surface area contributed by atoms with Gasteiger partial charge in [-0.15, -0.1) is 0 Å². The first-order valence-electron chi connectivity index (χ1n) is 3.73. The second-order valence-corrected chi connectivity index (χ2v) is 2.57. The molecular weight excluding hydrogens is 138 g/mol. The van der Waals surface area contributed by atoms with Crippen molar-refractivity contribution in [2.45, 2.75) is 20.3 Å². The summed E-state index contributed by atoms with van der Waals surface area (Å²) >= 11 is 0. The van der Waals surface area contributed by atoms with Gasteiger partial charge in [0.15, 0.2) is 0 Å². The Morgan fingerprint density at radius 1 is 1.36 bits per heavy atom. The number of rotatable bonds is 2. The first kappa shape index (κ1) is 8.14. The molecule has 11 heavy (non-hydrogen) atoms. The lowest BCUT2D eigenvalue weighted by atomic mass is 10.1. The van der Waals surface area contributed by atoms with Crippen LogP contribution < -0.4 is 5.73 Å². The van der Waals surface area contributed by atoms with Crippen LogP contribution in [0.5, 0.6) is 0 Å². The van der Waals surface area contributed by atoms with E-state index >= 15 is 0 Å². The number of aromatic nitrogens is 2. The van der Waals surface area contributed by atoms with E-state index in [0.29, 0.717) is 6.54 Å². The van der Waals surface area contributed by atoms with Crippen molar-refractivity contribution in [3.63, 3.8) is 0 Å². The van der Waals surface area contributed by atoms with E-state index in [9.17, 15) is 0 Å². The fourth-order valence-electron chi connectivity index (χ4n) is 0.976. The molecule has 2 N–H and O–H groups in total. The number of aryl methyl sites for hydroxylation is 1. The second kappa shape index (κ2) is 3.44. The Balaban J connectivity index is 2.96. The van der Waals surface area contributed by atoms with Gasteiger partial charge in [0, 0.05) is 17.8 Å². The minimum absolute atomic E-state index is 0.650. The van der Waals surface area contributed by atoms with Gasteiger partial charge in [-0.05, 0) is 26.0 Å². The molecule has 0 aliphatic carbocycles. The van der Waals surface area contributed by atoms with Crippen LogP contribution in [0.25, 0.3) is 0 Å². The van der Waals surface area contributed by atoms with Crippen molar-refractivity contribution >= 4 is 0 Å². The minimum Gasteiger partial charge on any atom is -0.330 e. The Kier molecular flexibility index (Phi) is 2.54. The predicted octanol–water partition coefficient (Wildman–Crippen LogP) is 0.595. The third-order valence-corrected chi connectivity index (χ3v) is 1.82. The van der Waals surface area contributed by atoms with Gasteiger partial charge in [0.05, 0.1) is 0 Å². The molecule has 3 heteroatoms. The van der Waals surface area contributed by atoms with Gasteiger partial charge in [-0.25, -0.2) is 9.97 Å². The summed E-state index contributed by atoms with van der Waals surface area (Å²) in [5.41, 5.74) is 8.70. The molecule has 1 rings (SSSR count). The second-order valence-electron chi connectivity index (χ2n) is 2.57. The summed E-state index contributed by atoms with van der Waals surface area (Å²) in [7, 11) is 0. The molecule has 0 saturated heterocycles. The highest BCUT2D eigenvalue weighted by Crippen LogP contribution is 2.06. The lowest BCUT2D eigenvalue weighted by molar-refractivity contribution is 0.881. The monoisotopic (exact) mass is 151 g/mol. The van der Waals surface area contributed by atoms with E-state index in [0.717, 1.165) is 23.4 Å². The number of hydrogen-bond acceptors (Lipinski definition) is 3. The average molecular weight is 151 g/mol. The molecule has 3 nitrogen and oxygen atoms in total. The highest BCUT2D eigenvalue weighted by Gasteiger charge is 2.00. The molecule has 1 aromatic rings. The normalized spacial score (nSPS) is 10.1. The van der Waals surface area contributed by atoms with Crippen molar-refractivity contribution < 1.29 is 0 Å². The van der Waals surface area contributed by atoms with Crippen LogP contribution in [-0.2, 0) is 6.42 Å². The highest BCUT2D eigenvalue weighted by atomic mass is 14.8. The third-order valence-electron chi connectivity index (χ3n) is 1.82. The molecule has 60 valence electrons. The highest BCUT2D eigenvalue weighted by molar-refractivity contribution is 5.21. The lowest BCUT2D eigenvalue weighted by Crippen LogP contribution is -2.07. The Morgan fingerprint density at radius 3 is 2.73 bits per heavy atom. The molecule has 0 amide bonds. The molecule has 1 aromatic heterocycles. The maximum Gasteiger partial charge on any atom is 0.115 e. The van der Waals surface area contributed by atoms with Crippen LogP contribution in [0.1, 0.15) is 17.0 Å². The minimum atomic E-state index is 0.650. The van der Waals surface area contributed by atoms with E-state index in [-0.39, 0.29) is 0 Å². The SMILES string of the molecule is Cc1ncnc(CCN)c1C. The summed E-state index contributed by atoms with van der Waals surface area (Å²) in [5, 5.41) is 0. The van der Waals surface area contributed by atoms with Crippen molar-refractivity contribution in [2.24, 2.45) is 5.73 Å². The van der Waals surface area contributed by atoms with Gasteiger partial charge >= 0.3 is 0 Å². The van der Waals surface area contributed by atoms with Crippen LogP contribution in [0.4, 0.5) is 0 Å². The Hall–Kier alpha value is -0.960. The summed E-state index contributed by atoms with van der Waals surface area (Å²) in [5.74, 6) is 0. The van der Waals surface area contributed by atoms with Crippen molar-refractivity contribution in [1.82, 2.24) is 9.97 Å². The van der Waals surface area contributed by atoms with Crippen LogP contribution in [0, 0.1) is 13.8 Å². The predicted molar refractivity (Wildman–Crippen MR) is 44.3 cm³/mol. The average Bonchev–Trinajstić information content (AvgIpc) is 1.99. The molecule has 0 bridgehead atoms. The zero-order valence-corrected chi connectivity index (χ0v) is 6.96. The molecule has 0 radical (unpaired) electrons. The summed E-state index contributed by atoms with van der Waals surface area (Å²) in [6.45, 7) is 4.66. The van der Waals surface area contributed by atoms with Crippen molar-refractivity contribution in [3.05, 3.63) is 23.3 Å². The zero-order valence-electron chi connectivity index (χ0n) is 6.96. The first-order chi connectivity index (χ1) is 5.25. The smallest absolute Gasteiger partial charge is 0.115 e. The van der Waals surface area contributed by atoms with Crippen LogP contribution in [0.15, 0.2) is 6.33 Å². The van der Waals surface area contributed by atoms with Crippen LogP contribution in [0.3, 0.4) is 0 Å². The lowest BCUT2D eigenvalue weighted by Gasteiger charge is -2.03. The van der Waals surface area contributed by atoms with Gasteiger partial charge in [-0.2, -0.15) is 0 Å². The topological polar surface area (TPSA) is 51.8 Å². The molecule has 0 fully saturated rings. The molecule has 0 spiro atoms. The molecule has 0 aliphatic heterocycles. The largest absolute Gasteiger partial charge is 0.330 e. The zero-order chi connectivity index (χ0) is 8.27. The Labute approximate surface area is 66.7 Å². The molecule has 0 saturated carbocycles. The van der Waals surface area contributed by atoms with Crippen molar-refractivity contribution in [1.29, 1.82) is 0 Å². The Bertz CT molecular complexity index is 245. The van der Waals surface area contributed by atoms with E-state index in [4.69, 9.17) is 5.73 Å². The Morgan fingerprint density at radius 2 is 2.09 bits per heavy atom. The fourth-order valence-corrected chi connectivity index (χ4v) is 0.976. The van der Waals surface area contributed by atoms with E-state index in [2.05, 4.69) is 9.97 Å². The van der Waals surface area contributed by atoms with Crippen LogP contribution in [0.2, 0.25) is 0 Å². The van der Waals surface area contributed by atoms with Gasteiger partial charge in [0.1, 0.15) is 6.33 Å². The molecule has 0 aromatic carbocycles. The number of nitrogens with zero attached hydrogens (tertiary/aromatic N) is 2. The molecule has 0 aliphatic rings. The summed E-state index contributed by atoms with van der Waals surface area (Å²) in [4.78, 5) is 8.21. The summed E-state index contributed by atoms with van der Waals surface area (Å²) in [6.07, 6.45) is 2.43. The van der Waals surface area contributed by atoms with Crippen LogP contribution >= 0.6 is 0 Å². The van der Waals surface area contributed by atoms with Gasteiger partial charge in [0.2, 0.25) is 0 Å². The standard InChI is InChI=1S/C8H13N3/c1-6-7(2)10-5-11-8(6)3-4-9/h5H,3-4,9H2,1-2H3. The van der Waals surface area contributed by atoms with Gasteiger partial charge in [-0.1, -0.05) is 0 Å². The molecule has 1 heterocycles. The summed E-state index contributed by atoms with van der Waals surface area (Å²) < 4.78 is 0. The van der Waals surface area contributed by atoms with E-state index in [1.165, 1.54) is 0 Å². The van der Waals surface area contributed by atoms with Gasteiger partial charge in [-0.3, -0.25) is 0 Å². The number of hydrogen-bond donors (Lipinski definition) is 1. The third kappa shape index (κ3) is 1.74. The van der Waals surface area contributed by atoms with Crippen molar-refractivity contribution in [3.8, 4) is 0 Å². The van der Waals surface area contributed by atoms with Crippen molar-refractivity contribution in [2.75, 3.05) is 6.54 Å². The molecular formula is C8H13N3. The van der Waals surface area contributed by atoms with E-state index in [1.807, 2.05) is 13.8 Å². The fraction of sp³-hybridized carbons (Fsp3) is 0.500. The maximum atomic E-state index is 5.42. The van der Waals surface area contributed by atoms with Crippen LogP contribution in [-0.4, -0.2) is 16.5 Å². The van der Waals surface area contributed by atoms with Gasteiger partial charge < -0.3 is 5.73 Å². The maximum absolute atomic E-state index is 5.42. The van der Waals surface area contributed by atoms with E-state index in [1.54, 1.807) is 6.33 Å². The van der Waals surface area contributed by atoms with E-state index < -0.39 is 0 Å². The quantitative estimate of drug-likeness (QED) is 0.673. The molecule has 0 atom stereocenters. The van der Waals surface area contributed by atoms with Gasteiger partial charge in [0.25, 0.3) is 0 Å². The summed E-state index contributed by atoms with van der Waals surface area (Å²) in [6, 6.07) is 0. The first-order valence-corrected chi connectivity index (χ1v) is 3.73. The number of nitrogens with two attached hydrogens (primary N) is 1. The molecule has 0 unspecified atom stereocenters.